The third kappa shape index (κ3) is 951. The van der Waals surface area contributed by atoms with Crippen molar-refractivity contribution < 1.29 is 79.1 Å². The zero-order valence-corrected chi connectivity index (χ0v) is 15.4. The predicted octanol–water partition coefficient (Wildman–Crippen LogP) is -5.57. The molecule has 0 spiro atoms. The minimum Gasteiger partial charge on any atom is -0.759 e. The second-order valence-electron chi connectivity index (χ2n) is 0.855. The van der Waals surface area contributed by atoms with Crippen molar-refractivity contribution in [2.75, 3.05) is 0 Å². The average Bonchev–Trinajstić information content (AvgIpc) is 1.50. The number of hydrogen-bond acceptors (Lipinski definition) is 10. The van der Waals surface area contributed by atoms with E-state index in [2.05, 4.69) is 0 Å². The van der Waals surface area contributed by atoms with E-state index in [0.29, 0.717) is 0 Å². The van der Waals surface area contributed by atoms with E-state index in [9.17, 15) is 0 Å². The summed E-state index contributed by atoms with van der Waals surface area (Å²) in [7, 11) is -5.17. The summed E-state index contributed by atoms with van der Waals surface area (Å²) in [5, 5.41) is 29.5. The zero-order chi connectivity index (χ0) is 11.7. The maximum Gasteiger partial charge on any atom is 2.00 e. The first-order valence-electron chi connectivity index (χ1n) is 1.76. The van der Waals surface area contributed by atoms with Crippen LogP contribution in [0.5, 0.6) is 0 Å². The third-order valence-corrected chi connectivity index (χ3v) is 0. The Morgan fingerprint density at radius 1 is 0.812 bits per heavy atom. The molecule has 0 unspecified atom stereocenters. The Hall–Kier alpha value is 1.93. The molecule has 0 aliphatic rings. The minimum atomic E-state index is -5.17. The molecule has 0 aromatic heterocycles. The van der Waals surface area contributed by atoms with E-state index < -0.39 is 20.6 Å². The van der Waals surface area contributed by atoms with Gasteiger partial charge in [-0.3, -0.25) is 8.42 Å². The Labute approximate surface area is 177 Å². The first kappa shape index (κ1) is 36.1. The molecule has 0 amide bonds. The van der Waals surface area contributed by atoms with Crippen molar-refractivity contribution in [2.24, 2.45) is 0 Å². The van der Waals surface area contributed by atoms with E-state index in [1.807, 2.05) is 0 Å². The number of rotatable bonds is 0. The number of hydrogen-bond donors (Lipinski definition) is 0. The summed E-state index contributed by atoms with van der Waals surface area (Å²) in [6.07, 6.45) is 0. The molecule has 0 rings (SSSR count). The van der Waals surface area contributed by atoms with Gasteiger partial charge in [-0.05, 0) is 0 Å². The van der Waals surface area contributed by atoms with Gasteiger partial charge in [-0.1, -0.05) is 0 Å². The van der Waals surface area contributed by atoms with Crippen LogP contribution in [0.4, 0.5) is 0 Å². The van der Waals surface area contributed by atoms with Crippen LogP contribution in [0.2, 0.25) is 0 Å². The fourth-order valence-corrected chi connectivity index (χ4v) is 0. The van der Waals surface area contributed by atoms with Crippen molar-refractivity contribution in [3.05, 3.63) is 30.6 Å². The summed E-state index contributed by atoms with van der Waals surface area (Å²) < 4.78 is 34.1. The van der Waals surface area contributed by atoms with Crippen LogP contribution in [0.3, 0.4) is 0 Å². The Bertz CT molecular complexity index is 224. The van der Waals surface area contributed by atoms with Gasteiger partial charge in [0.2, 0.25) is 0 Å². The van der Waals surface area contributed by atoms with E-state index in [0.717, 1.165) is 0 Å². The molecule has 16 heavy (non-hydrogen) atoms. The van der Waals surface area contributed by atoms with Crippen LogP contribution < -0.4 is 51.4 Å². The van der Waals surface area contributed by atoms with Gasteiger partial charge < -0.3 is 39.7 Å². The van der Waals surface area contributed by atoms with Crippen molar-refractivity contribution in [1.82, 2.24) is 0 Å². The molecule has 0 fully saturated rings. The van der Waals surface area contributed by atoms with Gasteiger partial charge in [0, 0.05) is 10.4 Å². The zero-order valence-electron chi connectivity index (χ0n) is 7.80. The minimum absolute atomic E-state index is 0. The molecule has 0 radical (unpaired) electrons. The molecule has 0 atom stereocenters. The van der Waals surface area contributed by atoms with E-state index in [-0.39, 0.29) is 112 Å². The van der Waals surface area contributed by atoms with Crippen molar-refractivity contribution >= 4 is 71.2 Å². The van der Waals surface area contributed by atoms with Gasteiger partial charge in [-0.25, -0.2) is 0 Å². The normalized spacial score (nSPS) is 6.62. The molecule has 0 aliphatic heterocycles. The summed E-state index contributed by atoms with van der Waals surface area (Å²) in [4.78, 5) is 16.5. The van der Waals surface area contributed by atoms with Gasteiger partial charge in [0.05, 0.1) is 10.2 Å². The maximum atomic E-state index is 8.52. The summed E-state index contributed by atoms with van der Waals surface area (Å²) in [5.41, 5.74) is 0. The smallest absolute Gasteiger partial charge is 0.759 e. The second kappa shape index (κ2) is 22.1. The molecule has 0 aromatic carbocycles. The van der Waals surface area contributed by atoms with Crippen LogP contribution in [0.1, 0.15) is 0 Å². The van der Waals surface area contributed by atoms with Crippen molar-refractivity contribution in [2.45, 2.75) is 0 Å². The SMILES string of the molecule is O=S(=O)([O-])[O-].O=[N+]([O-])[O-].O=[N+]([O-])[O-].[Ca+2].[K+].[Mg+2]. The third-order valence-electron chi connectivity index (χ3n) is 0. The molecule has 0 heterocycles. The summed E-state index contributed by atoms with van der Waals surface area (Å²) in [6, 6.07) is 0. The molecular formula is CaKMgN2O10S+. The molecule has 80 valence electrons. The fraction of sp³-hybridized carbons (Fsp3) is 0. The summed E-state index contributed by atoms with van der Waals surface area (Å²) >= 11 is 0. The van der Waals surface area contributed by atoms with E-state index >= 15 is 0 Å². The second-order valence-corrected chi connectivity index (χ2v) is 1.67. The largest absolute Gasteiger partial charge is 2.00 e. The molecule has 0 saturated carbocycles. The standard InChI is InChI=1S/Ca.K.Mg.2NO3.H2O4S/c;;;2*2-1(3)4;1-5(2,3)4/h;;;;;(H2,1,2,3,4)/q+2;+1;+2;2*-1;/p-2. The van der Waals surface area contributed by atoms with Gasteiger partial charge in [-0.2, -0.15) is 0 Å². The van der Waals surface area contributed by atoms with Crippen LogP contribution in [0.25, 0.3) is 0 Å². The fourth-order valence-electron chi connectivity index (χ4n) is 0. The Morgan fingerprint density at radius 3 is 0.812 bits per heavy atom. The first-order valence-corrected chi connectivity index (χ1v) is 3.10. The molecule has 0 bridgehead atoms. The molecule has 16 heteroatoms. The quantitative estimate of drug-likeness (QED) is 0.135. The maximum absolute atomic E-state index is 8.52. The van der Waals surface area contributed by atoms with Crippen molar-refractivity contribution in [3.8, 4) is 0 Å². The topological polar surface area (TPSA) is 213 Å². The summed E-state index contributed by atoms with van der Waals surface area (Å²) in [5.74, 6) is 0. The van der Waals surface area contributed by atoms with E-state index in [1.165, 1.54) is 0 Å². The van der Waals surface area contributed by atoms with E-state index in [4.69, 9.17) is 48.2 Å². The van der Waals surface area contributed by atoms with Gasteiger partial charge in [0.1, 0.15) is 0 Å². The van der Waals surface area contributed by atoms with Gasteiger partial charge >= 0.3 is 112 Å². The van der Waals surface area contributed by atoms with E-state index in [1.54, 1.807) is 0 Å². The molecule has 0 aliphatic carbocycles. The van der Waals surface area contributed by atoms with Crippen molar-refractivity contribution in [1.29, 1.82) is 0 Å². The summed E-state index contributed by atoms with van der Waals surface area (Å²) in [6.45, 7) is 0. The average molecular weight is 324 g/mol. The molecule has 0 aromatic rings. The monoisotopic (exact) mass is 323 g/mol. The number of nitrogens with zero attached hydrogens (tertiary/aromatic N) is 2. The molecule has 0 saturated heterocycles. The van der Waals surface area contributed by atoms with Gasteiger partial charge in [0.15, 0.2) is 0 Å². The van der Waals surface area contributed by atoms with Gasteiger partial charge in [0.25, 0.3) is 0 Å². The Kier molecular flexibility index (Phi) is 50.0. The van der Waals surface area contributed by atoms with Crippen LogP contribution in [0.15, 0.2) is 0 Å². The Morgan fingerprint density at radius 2 is 0.812 bits per heavy atom. The molecular weight excluding hydrogens is 324 g/mol. The van der Waals surface area contributed by atoms with Crippen LogP contribution in [-0.2, 0) is 10.4 Å². The molecule has 0 N–H and O–H groups in total. The first-order chi connectivity index (χ1) is 5.46. The molecule has 12 nitrogen and oxygen atoms in total. The van der Waals surface area contributed by atoms with Crippen LogP contribution >= 0.6 is 0 Å². The Balaban J connectivity index is -0.0000000216. The van der Waals surface area contributed by atoms with Crippen LogP contribution in [-0.4, -0.2) is 88.5 Å². The van der Waals surface area contributed by atoms with Crippen molar-refractivity contribution in [3.63, 3.8) is 0 Å². The predicted molar refractivity (Wildman–Crippen MR) is 42.7 cm³/mol. The van der Waals surface area contributed by atoms with Gasteiger partial charge in [-0.15, -0.1) is 0 Å². The van der Waals surface area contributed by atoms with Crippen LogP contribution in [0, 0.1) is 30.6 Å².